The minimum absolute atomic E-state index is 0.00369. The molecule has 1 aliphatic carbocycles. The van der Waals surface area contributed by atoms with Crippen molar-refractivity contribution in [1.29, 1.82) is 5.26 Å². The van der Waals surface area contributed by atoms with E-state index in [9.17, 15) is 18.8 Å². The molecule has 0 saturated heterocycles. The number of ether oxygens (including phenoxy) is 1. The van der Waals surface area contributed by atoms with Crippen LogP contribution in [0.3, 0.4) is 0 Å². The van der Waals surface area contributed by atoms with Crippen LogP contribution in [0.15, 0.2) is 36.4 Å². The van der Waals surface area contributed by atoms with Crippen molar-refractivity contribution in [2.24, 2.45) is 5.73 Å². The van der Waals surface area contributed by atoms with Crippen LogP contribution < -0.4 is 15.8 Å². The fraction of sp³-hybridized carbons (Fsp3) is 0.320. The molecule has 2 aromatic carbocycles. The second-order valence-electron chi connectivity index (χ2n) is 8.58. The molecule has 1 atom stereocenters. The number of aromatic nitrogens is 2. The van der Waals surface area contributed by atoms with Gasteiger partial charge in [-0.1, -0.05) is 23.7 Å². The topological polar surface area (TPSA) is 143 Å². The van der Waals surface area contributed by atoms with Gasteiger partial charge in [0.1, 0.15) is 36.5 Å². The van der Waals surface area contributed by atoms with Crippen molar-refractivity contribution in [2.75, 3.05) is 13.2 Å². The van der Waals surface area contributed by atoms with Crippen LogP contribution in [0, 0.1) is 17.1 Å². The molecule has 0 aliphatic heterocycles. The Morgan fingerprint density at radius 2 is 2.16 bits per heavy atom. The number of nitriles is 1. The lowest BCUT2D eigenvalue weighted by Gasteiger charge is -2.29. The van der Waals surface area contributed by atoms with Gasteiger partial charge in [-0.3, -0.25) is 14.3 Å². The van der Waals surface area contributed by atoms with E-state index < -0.39 is 17.8 Å². The van der Waals surface area contributed by atoms with E-state index in [0.717, 1.165) is 12.8 Å². The van der Waals surface area contributed by atoms with Crippen LogP contribution >= 0.6 is 11.6 Å². The maximum atomic E-state index is 14.2. The number of benzene rings is 2. The normalized spacial score (nSPS) is 13.6. The van der Waals surface area contributed by atoms with Crippen molar-refractivity contribution in [3.63, 3.8) is 0 Å². The molecule has 1 heterocycles. The first-order chi connectivity index (χ1) is 17.8. The molecule has 1 fully saturated rings. The minimum Gasteiger partial charge on any atom is -0.479 e. The summed E-state index contributed by atoms with van der Waals surface area (Å²) < 4.78 is 20.9. The molecule has 4 rings (SSSR count). The summed E-state index contributed by atoms with van der Waals surface area (Å²) in [6.45, 7) is -0.198. The largest absolute Gasteiger partial charge is 0.479 e. The summed E-state index contributed by atoms with van der Waals surface area (Å²) >= 11 is 5.83. The maximum Gasteiger partial charge on any atom is 0.269 e. The van der Waals surface area contributed by atoms with Gasteiger partial charge in [-0.25, -0.2) is 4.39 Å². The number of rotatable bonds is 12. The maximum absolute atomic E-state index is 14.2. The first-order valence-corrected chi connectivity index (χ1v) is 11.9. The molecule has 0 spiro atoms. The van der Waals surface area contributed by atoms with E-state index in [0.29, 0.717) is 28.5 Å². The highest BCUT2D eigenvalue weighted by Crippen LogP contribution is 2.30. The molecule has 1 aliphatic rings. The molecule has 0 bridgehead atoms. The molecule has 1 aromatic heterocycles. The zero-order valence-corrected chi connectivity index (χ0v) is 20.4. The Morgan fingerprint density at radius 1 is 1.38 bits per heavy atom. The second-order valence-corrected chi connectivity index (χ2v) is 8.98. The van der Waals surface area contributed by atoms with E-state index >= 15 is 0 Å². The van der Waals surface area contributed by atoms with E-state index in [1.807, 2.05) is 6.07 Å². The van der Waals surface area contributed by atoms with Gasteiger partial charge in [-0.2, -0.15) is 10.4 Å². The molecular weight excluding hydrogens is 503 g/mol. The first kappa shape index (κ1) is 26.1. The summed E-state index contributed by atoms with van der Waals surface area (Å²) in [5.41, 5.74) is 6.24. The Kier molecular flexibility index (Phi) is 8.01. The molecule has 1 unspecified atom stereocenters. The third kappa shape index (κ3) is 5.87. The van der Waals surface area contributed by atoms with Gasteiger partial charge in [0.2, 0.25) is 5.91 Å². The van der Waals surface area contributed by atoms with Crippen LogP contribution in [0.2, 0.25) is 5.02 Å². The fourth-order valence-electron chi connectivity index (χ4n) is 4.14. The van der Waals surface area contributed by atoms with Crippen LogP contribution in [-0.4, -0.2) is 58.0 Å². The SMILES string of the molecule is N#CCOc1ccc2c(C(N)=O)nn(CC(=O)N(C(C=O)CNCc3cccc(Cl)c3F)C3CC3)c2c1. The number of nitrogens with zero attached hydrogens (tertiary/aromatic N) is 4. The molecule has 3 N–H and O–H groups in total. The van der Waals surface area contributed by atoms with Crippen LogP contribution in [0.5, 0.6) is 5.75 Å². The predicted molar refractivity (Wildman–Crippen MR) is 132 cm³/mol. The standard InChI is InChI=1S/C25H24ClFN6O4/c26-20-3-1-2-15(23(20)27)11-30-12-17(14-34)33(16-4-5-16)22(35)13-32-21-10-18(37-9-8-28)6-7-19(21)24(31-32)25(29)36/h1-3,6-7,10,14,16-17,30H,4-5,9,11-13H2,(H2,29,36). The number of nitrogens with two attached hydrogens (primary N) is 1. The second kappa shape index (κ2) is 11.4. The van der Waals surface area contributed by atoms with Crippen LogP contribution in [0.1, 0.15) is 28.9 Å². The summed E-state index contributed by atoms with van der Waals surface area (Å²) in [4.78, 5) is 38.9. The predicted octanol–water partition coefficient (Wildman–Crippen LogP) is 2.18. The summed E-state index contributed by atoms with van der Waals surface area (Å²) in [5.74, 6) is -1.31. The Labute approximate surface area is 216 Å². The first-order valence-electron chi connectivity index (χ1n) is 11.5. The number of fused-ring (bicyclic) bond motifs is 1. The smallest absolute Gasteiger partial charge is 0.269 e. The summed E-state index contributed by atoms with van der Waals surface area (Å²) in [5, 5.41) is 16.5. The zero-order chi connectivity index (χ0) is 26.5. The van der Waals surface area contributed by atoms with Crippen molar-refractivity contribution in [3.8, 4) is 11.8 Å². The number of halogens is 2. The van der Waals surface area contributed by atoms with E-state index in [4.69, 9.17) is 27.3 Å². The number of nitrogens with one attached hydrogen (secondary N) is 1. The molecule has 1 saturated carbocycles. The Morgan fingerprint density at radius 3 is 2.84 bits per heavy atom. The van der Waals surface area contributed by atoms with Gasteiger partial charge in [-0.15, -0.1) is 0 Å². The Balaban J connectivity index is 1.53. The third-order valence-electron chi connectivity index (χ3n) is 5.99. The lowest BCUT2D eigenvalue weighted by atomic mass is 10.2. The van der Waals surface area contributed by atoms with Gasteiger partial charge < -0.3 is 25.5 Å². The molecule has 0 radical (unpaired) electrons. The monoisotopic (exact) mass is 526 g/mol. The summed E-state index contributed by atoms with van der Waals surface area (Å²) in [6.07, 6.45) is 2.18. The van der Waals surface area contributed by atoms with E-state index in [2.05, 4.69) is 10.4 Å². The molecule has 10 nitrogen and oxygen atoms in total. The van der Waals surface area contributed by atoms with Gasteiger partial charge >= 0.3 is 0 Å². The molecule has 37 heavy (non-hydrogen) atoms. The number of carbonyl (C=O) groups excluding carboxylic acids is 3. The molecule has 3 aromatic rings. The highest BCUT2D eigenvalue weighted by molar-refractivity contribution is 6.30. The number of amides is 2. The van der Waals surface area contributed by atoms with Gasteiger partial charge in [0.25, 0.3) is 5.91 Å². The number of aldehydes is 1. The van der Waals surface area contributed by atoms with Crippen molar-refractivity contribution < 1.29 is 23.5 Å². The van der Waals surface area contributed by atoms with E-state index in [1.54, 1.807) is 30.3 Å². The average Bonchev–Trinajstić information content (AvgIpc) is 3.65. The van der Waals surface area contributed by atoms with Crippen molar-refractivity contribution in [2.45, 2.75) is 38.0 Å². The van der Waals surface area contributed by atoms with Crippen molar-refractivity contribution in [3.05, 3.63) is 58.5 Å². The summed E-state index contributed by atoms with van der Waals surface area (Å²) in [7, 11) is 0. The van der Waals surface area contributed by atoms with Gasteiger partial charge in [-0.05, 0) is 31.0 Å². The van der Waals surface area contributed by atoms with Crippen LogP contribution in [0.4, 0.5) is 4.39 Å². The van der Waals surface area contributed by atoms with E-state index in [-0.39, 0.29) is 48.9 Å². The molecular formula is C25H24ClFN6O4. The summed E-state index contributed by atoms with van der Waals surface area (Å²) in [6, 6.07) is 10.4. The molecule has 192 valence electrons. The Hall–Kier alpha value is -4.01. The number of hydrogen-bond donors (Lipinski definition) is 2. The highest BCUT2D eigenvalue weighted by atomic mass is 35.5. The fourth-order valence-corrected chi connectivity index (χ4v) is 4.33. The minimum atomic E-state index is -0.797. The lowest BCUT2D eigenvalue weighted by molar-refractivity contribution is -0.137. The highest BCUT2D eigenvalue weighted by Gasteiger charge is 2.37. The number of carbonyl (C=O) groups is 3. The van der Waals surface area contributed by atoms with Crippen LogP contribution in [0.25, 0.3) is 10.9 Å². The van der Waals surface area contributed by atoms with Crippen LogP contribution in [-0.2, 0) is 22.7 Å². The van der Waals surface area contributed by atoms with Crippen molar-refractivity contribution >= 4 is 40.6 Å². The van der Waals surface area contributed by atoms with Gasteiger partial charge in [0.05, 0.1) is 10.5 Å². The zero-order valence-electron chi connectivity index (χ0n) is 19.7. The third-order valence-corrected chi connectivity index (χ3v) is 6.28. The quantitative estimate of drug-likeness (QED) is 0.344. The van der Waals surface area contributed by atoms with E-state index in [1.165, 1.54) is 15.6 Å². The van der Waals surface area contributed by atoms with Gasteiger partial charge in [0.15, 0.2) is 12.3 Å². The van der Waals surface area contributed by atoms with Gasteiger partial charge in [0, 0.05) is 36.1 Å². The number of hydrogen-bond acceptors (Lipinski definition) is 7. The van der Waals surface area contributed by atoms with Crippen molar-refractivity contribution in [1.82, 2.24) is 20.0 Å². The lowest BCUT2D eigenvalue weighted by Crippen LogP contribution is -2.49. The molecule has 12 heteroatoms. The number of primary amides is 1. The average molecular weight is 527 g/mol. The molecule has 2 amide bonds. The Bertz CT molecular complexity index is 1380.